The van der Waals surface area contributed by atoms with Gasteiger partial charge in [0.1, 0.15) is 0 Å². The Balaban J connectivity index is 0.00000625. The first-order chi connectivity index (χ1) is 11.6. The Morgan fingerprint density at radius 2 is 1.35 bits per heavy atom. The molecule has 1 aromatic carbocycles. The monoisotopic (exact) mass is 405 g/mol. The molecule has 0 unspecified atom stereocenters. The summed E-state index contributed by atoms with van der Waals surface area (Å²) in [6.07, 6.45) is 0.967. The van der Waals surface area contributed by atoms with Crippen molar-refractivity contribution in [2.24, 2.45) is 0 Å². The third-order valence-corrected chi connectivity index (χ3v) is 6.50. The van der Waals surface area contributed by atoms with E-state index in [2.05, 4.69) is 15.4 Å². The zero-order chi connectivity index (χ0) is 19.2. The molecule has 0 atom stereocenters. The Morgan fingerprint density at radius 1 is 0.846 bits per heavy atom. The zero-order valence-corrected chi connectivity index (χ0v) is 18.2. The summed E-state index contributed by atoms with van der Waals surface area (Å²) in [4.78, 5) is 12.1. The van der Waals surface area contributed by atoms with Crippen molar-refractivity contribution in [2.75, 3.05) is 26.7 Å². The summed E-state index contributed by atoms with van der Waals surface area (Å²) in [5.74, 6) is -0.150. The van der Waals surface area contributed by atoms with Crippen LogP contribution in [0.25, 0.3) is 0 Å². The van der Waals surface area contributed by atoms with Crippen LogP contribution in [0.2, 0.25) is 0 Å². The maximum Gasteiger partial charge on any atom is 0.241 e. The van der Waals surface area contributed by atoms with Gasteiger partial charge in [0.2, 0.25) is 15.9 Å². The number of amides is 1. The molecule has 0 aliphatic rings. The highest BCUT2D eigenvalue weighted by atomic mass is 35.5. The van der Waals surface area contributed by atoms with E-state index < -0.39 is 10.0 Å². The van der Waals surface area contributed by atoms with Crippen LogP contribution in [0.5, 0.6) is 0 Å². The summed E-state index contributed by atoms with van der Waals surface area (Å²) in [5, 5.41) is 5.78. The summed E-state index contributed by atoms with van der Waals surface area (Å²) in [6.45, 7) is 11.1. The first-order valence-electron chi connectivity index (χ1n) is 8.61. The van der Waals surface area contributed by atoms with Gasteiger partial charge in [-0.15, -0.1) is 12.4 Å². The van der Waals surface area contributed by atoms with E-state index in [-0.39, 0.29) is 31.3 Å². The van der Waals surface area contributed by atoms with Gasteiger partial charge in [0.05, 0.1) is 4.90 Å². The van der Waals surface area contributed by atoms with E-state index in [0.29, 0.717) is 11.4 Å². The first kappa shape index (κ1) is 24.8. The minimum absolute atomic E-state index is 0. The van der Waals surface area contributed by atoms with Gasteiger partial charge in [-0.3, -0.25) is 4.79 Å². The third-order valence-electron chi connectivity index (χ3n) is 4.77. The second kappa shape index (κ2) is 10.9. The molecule has 0 saturated heterocycles. The number of carbonyl (C=O) groups is 1. The molecule has 3 N–H and O–H groups in total. The largest absolute Gasteiger partial charge is 0.356 e. The third kappa shape index (κ3) is 6.23. The van der Waals surface area contributed by atoms with Crippen LogP contribution in [0.1, 0.15) is 40.7 Å². The summed E-state index contributed by atoms with van der Waals surface area (Å²) >= 11 is 0. The Morgan fingerprint density at radius 3 is 1.85 bits per heavy atom. The van der Waals surface area contributed by atoms with Crippen LogP contribution in [0.15, 0.2) is 4.90 Å². The first-order valence-corrected chi connectivity index (χ1v) is 10.1. The van der Waals surface area contributed by atoms with Gasteiger partial charge in [0, 0.05) is 19.5 Å². The molecule has 0 spiro atoms. The van der Waals surface area contributed by atoms with E-state index in [1.807, 2.05) is 41.7 Å². The van der Waals surface area contributed by atoms with Crippen LogP contribution in [-0.4, -0.2) is 41.0 Å². The maximum atomic E-state index is 12.7. The Labute approximate surface area is 164 Å². The van der Waals surface area contributed by atoms with Crippen LogP contribution < -0.4 is 15.4 Å². The van der Waals surface area contributed by atoms with Crippen molar-refractivity contribution in [3.05, 3.63) is 27.8 Å². The minimum Gasteiger partial charge on any atom is -0.356 e. The summed E-state index contributed by atoms with van der Waals surface area (Å²) in [6, 6.07) is 0. The van der Waals surface area contributed by atoms with Crippen LogP contribution in [0, 0.1) is 34.6 Å². The number of halogens is 1. The topological polar surface area (TPSA) is 87.3 Å². The molecule has 6 nitrogen and oxygen atoms in total. The van der Waals surface area contributed by atoms with Gasteiger partial charge < -0.3 is 10.6 Å². The normalized spacial score (nSPS) is 11.2. The van der Waals surface area contributed by atoms with Crippen molar-refractivity contribution in [3.63, 3.8) is 0 Å². The van der Waals surface area contributed by atoms with Crippen molar-refractivity contribution in [2.45, 2.75) is 52.4 Å². The fraction of sp³-hybridized carbons (Fsp3) is 0.611. The molecule has 0 fully saturated rings. The average molecular weight is 406 g/mol. The fourth-order valence-corrected chi connectivity index (χ4v) is 4.45. The summed E-state index contributed by atoms with van der Waals surface area (Å²) in [7, 11) is -1.79. The number of benzene rings is 1. The Kier molecular flexibility index (Phi) is 10.4. The number of hydrogen-bond acceptors (Lipinski definition) is 4. The molecule has 1 rings (SSSR count). The van der Waals surface area contributed by atoms with Crippen molar-refractivity contribution in [3.8, 4) is 0 Å². The molecule has 1 aromatic rings. The predicted molar refractivity (Wildman–Crippen MR) is 109 cm³/mol. The number of sulfonamides is 1. The Bertz CT molecular complexity index is 705. The van der Waals surface area contributed by atoms with Gasteiger partial charge in [-0.1, -0.05) is 0 Å². The van der Waals surface area contributed by atoms with E-state index in [0.717, 1.165) is 40.8 Å². The van der Waals surface area contributed by atoms with Gasteiger partial charge in [-0.05, 0) is 82.4 Å². The van der Waals surface area contributed by atoms with Crippen LogP contribution >= 0.6 is 12.4 Å². The number of rotatable bonds is 9. The second-order valence-corrected chi connectivity index (χ2v) is 8.11. The lowest BCUT2D eigenvalue weighted by atomic mass is 9.95. The van der Waals surface area contributed by atoms with Crippen LogP contribution in [0.4, 0.5) is 0 Å². The molecule has 0 aromatic heterocycles. The van der Waals surface area contributed by atoms with Crippen LogP contribution in [-0.2, 0) is 14.8 Å². The number of carbonyl (C=O) groups excluding carboxylic acids is 1. The molecule has 0 bridgehead atoms. The summed E-state index contributed by atoms with van der Waals surface area (Å²) < 4.78 is 28.0. The van der Waals surface area contributed by atoms with Gasteiger partial charge in [0.25, 0.3) is 0 Å². The lowest BCUT2D eigenvalue weighted by Gasteiger charge is -2.19. The molecular formula is C18H32ClN3O3S. The fourth-order valence-electron chi connectivity index (χ4n) is 2.82. The van der Waals surface area contributed by atoms with Gasteiger partial charge in [-0.25, -0.2) is 13.1 Å². The highest BCUT2D eigenvalue weighted by Gasteiger charge is 2.23. The molecule has 0 saturated carbocycles. The van der Waals surface area contributed by atoms with Crippen LogP contribution in [0.3, 0.4) is 0 Å². The molecule has 0 radical (unpaired) electrons. The van der Waals surface area contributed by atoms with Gasteiger partial charge >= 0.3 is 0 Å². The quantitative estimate of drug-likeness (QED) is 0.548. The summed E-state index contributed by atoms with van der Waals surface area (Å²) in [5.41, 5.74) is 4.64. The highest BCUT2D eigenvalue weighted by Crippen LogP contribution is 2.29. The lowest BCUT2D eigenvalue weighted by molar-refractivity contribution is -0.120. The number of hydrogen-bond donors (Lipinski definition) is 3. The van der Waals surface area contributed by atoms with E-state index in [4.69, 9.17) is 0 Å². The molecule has 0 aliphatic carbocycles. The smallest absolute Gasteiger partial charge is 0.241 e. The van der Waals surface area contributed by atoms with E-state index in [9.17, 15) is 13.2 Å². The lowest BCUT2D eigenvalue weighted by Crippen LogP contribution is -2.32. The standard InChI is InChI=1S/C18H31N3O3S.ClH/c1-12-13(2)15(4)18(16(5)14(12)3)25(23,24)21-11-8-17(22)20-10-7-9-19-6;/h19,21H,7-11H2,1-6H3,(H,20,22);1H. The molecule has 1 amide bonds. The highest BCUT2D eigenvalue weighted by molar-refractivity contribution is 7.89. The van der Waals surface area contributed by atoms with Crippen molar-refractivity contribution >= 4 is 28.3 Å². The van der Waals surface area contributed by atoms with E-state index >= 15 is 0 Å². The minimum atomic E-state index is -3.65. The molecule has 150 valence electrons. The number of nitrogens with one attached hydrogen (secondary N) is 3. The Hall–Kier alpha value is -1.15. The van der Waals surface area contributed by atoms with Crippen molar-refractivity contribution < 1.29 is 13.2 Å². The van der Waals surface area contributed by atoms with E-state index in [1.165, 1.54) is 0 Å². The average Bonchev–Trinajstić information content (AvgIpc) is 2.55. The van der Waals surface area contributed by atoms with Gasteiger partial charge in [0.15, 0.2) is 0 Å². The predicted octanol–water partition coefficient (Wildman–Crippen LogP) is 2.04. The SMILES string of the molecule is CNCCCNC(=O)CCNS(=O)(=O)c1c(C)c(C)c(C)c(C)c1C.Cl. The second-order valence-electron chi connectivity index (χ2n) is 6.41. The van der Waals surface area contributed by atoms with Gasteiger partial charge in [-0.2, -0.15) is 0 Å². The molecule has 26 heavy (non-hydrogen) atoms. The molecule has 0 heterocycles. The zero-order valence-electron chi connectivity index (χ0n) is 16.6. The molecular weight excluding hydrogens is 374 g/mol. The van der Waals surface area contributed by atoms with Crippen molar-refractivity contribution in [1.29, 1.82) is 0 Å². The van der Waals surface area contributed by atoms with Crippen molar-refractivity contribution in [1.82, 2.24) is 15.4 Å². The molecule has 0 aliphatic heterocycles. The maximum absolute atomic E-state index is 12.7. The molecule has 8 heteroatoms. The van der Waals surface area contributed by atoms with E-state index in [1.54, 1.807) is 0 Å².